The highest BCUT2D eigenvalue weighted by Crippen LogP contribution is 2.25. The summed E-state index contributed by atoms with van der Waals surface area (Å²) in [5.74, 6) is -0.184. The number of anilines is 1. The van der Waals surface area contributed by atoms with Gasteiger partial charge in [0.05, 0.1) is 0 Å². The second-order valence-electron chi connectivity index (χ2n) is 5.29. The number of aryl methyl sites for hydroxylation is 2. The predicted octanol–water partition coefficient (Wildman–Crippen LogP) is 3.79. The number of benzene rings is 2. The lowest BCUT2D eigenvalue weighted by molar-refractivity contribution is 0.102. The molecule has 0 aliphatic rings. The van der Waals surface area contributed by atoms with Crippen LogP contribution in [0.25, 0.3) is 5.69 Å². The first-order chi connectivity index (χ1) is 11.0. The molecule has 116 valence electrons. The Morgan fingerprint density at radius 3 is 2.35 bits per heavy atom. The third kappa shape index (κ3) is 3.24. The molecule has 5 nitrogen and oxygen atoms in total. The number of carbonyl (C=O) groups is 1. The van der Waals surface area contributed by atoms with Gasteiger partial charge in [-0.2, -0.15) is 0 Å². The summed E-state index contributed by atoms with van der Waals surface area (Å²) in [5, 5.41) is 11.1. The Morgan fingerprint density at radius 1 is 1.09 bits per heavy atom. The normalized spacial score (nSPS) is 10.6. The van der Waals surface area contributed by atoms with Crippen molar-refractivity contribution in [2.75, 3.05) is 5.32 Å². The summed E-state index contributed by atoms with van der Waals surface area (Å²) < 4.78 is 1.82. The molecule has 0 aliphatic carbocycles. The predicted molar refractivity (Wildman–Crippen MR) is 90.2 cm³/mol. The van der Waals surface area contributed by atoms with Crippen molar-refractivity contribution in [3.8, 4) is 5.69 Å². The van der Waals surface area contributed by atoms with Gasteiger partial charge in [0, 0.05) is 22.0 Å². The number of hydrogen-bond acceptors (Lipinski definition) is 3. The van der Waals surface area contributed by atoms with Gasteiger partial charge in [-0.1, -0.05) is 17.7 Å². The van der Waals surface area contributed by atoms with E-state index in [2.05, 4.69) is 15.5 Å². The Balaban J connectivity index is 1.90. The molecule has 0 aliphatic heterocycles. The zero-order valence-corrected chi connectivity index (χ0v) is 13.5. The lowest BCUT2D eigenvalue weighted by atomic mass is 10.1. The van der Waals surface area contributed by atoms with Crippen molar-refractivity contribution in [2.24, 2.45) is 0 Å². The standard InChI is InChI=1S/C17H15ClN4O/c1-11-6-15(22-9-19-20-10-22)7-12(2)16(11)21-17(23)13-4-3-5-14(18)8-13/h3-10H,1-2H3,(H,21,23). The first-order valence-corrected chi connectivity index (χ1v) is 7.45. The zero-order valence-electron chi connectivity index (χ0n) is 12.7. The van der Waals surface area contributed by atoms with E-state index in [1.807, 2.05) is 30.5 Å². The van der Waals surface area contributed by atoms with Crippen molar-refractivity contribution in [1.82, 2.24) is 14.8 Å². The Bertz CT molecular complexity index is 836. The second kappa shape index (κ2) is 6.22. The van der Waals surface area contributed by atoms with Gasteiger partial charge in [-0.05, 0) is 55.3 Å². The van der Waals surface area contributed by atoms with Gasteiger partial charge in [0.2, 0.25) is 0 Å². The molecule has 1 heterocycles. The molecule has 3 aromatic rings. The molecule has 1 aromatic heterocycles. The van der Waals surface area contributed by atoms with Gasteiger partial charge < -0.3 is 5.32 Å². The average Bonchev–Trinajstić information content (AvgIpc) is 3.05. The number of carbonyl (C=O) groups excluding carboxylic acids is 1. The molecule has 0 saturated carbocycles. The van der Waals surface area contributed by atoms with Crippen LogP contribution < -0.4 is 5.32 Å². The van der Waals surface area contributed by atoms with E-state index in [0.717, 1.165) is 22.5 Å². The molecule has 0 atom stereocenters. The van der Waals surface area contributed by atoms with Crippen LogP contribution in [0.5, 0.6) is 0 Å². The van der Waals surface area contributed by atoms with Crippen LogP contribution in [0.1, 0.15) is 21.5 Å². The summed E-state index contributed by atoms with van der Waals surface area (Å²) >= 11 is 5.94. The minimum absolute atomic E-state index is 0.184. The van der Waals surface area contributed by atoms with E-state index >= 15 is 0 Å². The summed E-state index contributed by atoms with van der Waals surface area (Å²) in [5.41, 5.74) is 4.20. The SMILES string of the molecule is Cc1cc(-n2cnnc2)cc(C)c1NC(=O)c1cccc(Cl)c1. The van der Waals surface area contributed by atoms with Crippen LogP contribution in [-0.2, 0) is 0 Å². The molecule has 3 rings (SSSR count). The van der Waals surface area contributed by atoms with E-state index in [0.29, 0.717) is 10.6 Å². The number of halogens is 1. The van der Waals surface area contributed by atoms with Crippen LogP contribution in [0.3, 0.4) is 0 Å². The van der Waals surface area contributed by atoms with E-state index in [1.54, 1.807) is 36.9 Å². The summed E-state index contributed by atoms with van der Waals surface area (Å²) in [6.07, 6.45) is 3.27. The smallest absolute Gasteiger partial charge is 0.255 e. The fraction of sp³-hybridized carbons (Fsp3) is 0.118. The van der Waals surface area contributed by atoms with Crippen molar-refractivity contribution >= 4 is 23.2 Å². The number of hydrogen-bond donors (Lipinski definition) is 1. The van der Waals surface area contributed by atoms with E-state index in [9.17, 15) is 4.79 Å². The third-order valence-corrected chi connectivity index (χ3v) is 3.79. The molecule has 2 aromatic carbocycles. The number of nitrogens with one attached hydrogen (secondary N) is 1. The molecule has 1 N–H and O–H groups in total. The highest BCUT2D eigenvalue weighted by molar-refractivity contribution is 6.31. The number of amides is 1. The Hall–Kier alpha value is -2.66. The molecule has 0 unspecified atom stereocenters. The fourth-order valence-electron chi connectivity index (χ4n) is 2.44. The molecule has 0 saturated heterocycles. The van der Waals surface area contributed by atoms with Crippen molar-refractivity contribution in [1.29, 1.82) is 0 Å². The average molecular weight is 327 g/mol. The highest BCUT2D eigenvalue weighted by atomic mass is 35.5. The van der Waals surface area contributed by atoms with Crippen LogP contribution in [-0.4, -0.2) is 20.7 Å². The van der Waals surface area contributed by atoms with E-state index in [4.69, 9.17) is 11.6 Å². The van der Waals surface area contributed by atoms with Gasteiger partial charge in [0.15, 0.2) is 0 Å². The monoisotopic (exact) mass is 326 g/mol. The molecular formula is C17H15ClN4O. The molecule has 6 heteroatoms. The molecule has 0 fully saturated rings. The maximum absolute atomic E-state index is 12.4. The summed E-state index contributed by atoms with van der Waals surface area (Å²) in [4.78, 5) is 12.4. The maximum Gasteiger partial charge on any atom is 0.255 e. The molecular weight excluding hydrogens is 312 g/mol. The summed E-state index contributed by atoms with van der Waals surface area (Å²) in [6.45, 7) is 3.91. The van der Waals surface area contributed by atoms with Crippen molar-refractivity contribution in [2.45, 2.75) is 13.8 Å². The van der Waals surface area contributed by atoms with Crippen molar-refractivity contribution < 1.29 is 4.79 Å². The largest absolute Gasteiger partial charge is 0.321 e. The Labute approximate surface area is 138 Å². The second-order valence-corrected chi connectivity index (χ2v) is 5.72. The van der Waals surface area contributed by atoms with E-state index in [-0.39, 0.29) is 5.91 Å². The Kier molecular flexibility index (Phi) is 4.12. The van der Waals surface area contributed by atoms with Crippen molar-refractivity contribution in [3.05, 3.63) is 70.8 Å². The molecule has 1 amide bonds. The minimum atomic E-state index is -0.184. The van der Waals surface area contributed by atoms with Gasteiger partial charge >= 0.3 is 0 Å². The first-order valence-electron chi connectivity index (χ1n) is 7.08. The minimum Gasteiger partial charge on any atom is -0.321 e. The molecule has 0 bridgehead atoms. The topological polar surface area (TPSA) is 59.8 Å². The lowest BCUT2D eigenvalue weighted by Gasteiger charge is -2.14. The zero-order chi connectivity index (χ0) is 16.4. The van der Waals surface area contributed by atoms with E-state index in [1.165, 1.54) is 0 Å². The van der Waals surface area contributed by atoms with Gasteiger partial charge in [0.1, 0.15) is 12.7 Å². The van der Waals surface area contributed by atoms with Gasteiger partial charge in [-0.3, -0.25) is 9.36 Å². The lowest BCUT2D eigenvalue weighted by Crippen LogP contribution is -2.14. The summed E-state index contributed by atoms with van der Waals surface area (Å²) in [7, 11) is 0. The highest BCUT2D eigenvalue weighted by Gasteiger charge is 2.12. The summed E-state index contributed by atoms with van der Waals surface area (Å²) in [6, 6.07) is 10.8. The van der Waals surface area contributed by atoms with Crippen LogP contribution in [0, 0.1) is 13.8 Å². The van der Waals surface area contributed by atoms with Crippen LogP contribution in [0.2, 0.25) is 5.02 Å². The quantitative estimate of drug-likeness (QED) is 0.796. The van der Waals surface area contributed by atoms with E-state index < -0.39 is 0 Å². The molecule has 23 heavy (non-hydrogen) atoms. The van der Waals surface area contributed by atoms with Crippen LogP contribution in [0.15, 0.2) is 49.1 Å². The number of rotatable bonds is 3. The number of nitrogens with zero attached hydrogens (tertiary/aromatic N) is 3. The van der Waals surface area contributed by atoms with Gasteiger partial charge in [0.25, 0.3) is 5.91 Å². The van der Waals surface area contributed by atoms with Crippen molar-refractivity contribution in [3.63, 3.8) is 0 Å². The molecule has 0 radical (unpaired) electrons. The fourth-order valence-corrected chi connectivity index (χ4v) is 2.63. The third-order valence-electron chi connectivity index (χ3n) is 3.56. The van der Waals surface area contributed by atoms with Gasteiger partial charge in [-0.15, -0.1) is 10.2 Å². The van der Waals surface area contributed by atoms with Crippen LogP contribution >= 0.6 is 11.6 Å². The maximum atomic E-state index is 12.4. The molecule has 0 spiro atoms. The van der Waals surface area contributed by atoms with Crippen LogP contribution in [0.4, 0.5) is 5.69 Å². The van der Waals surface area contributed by atoms with Gasteiger partial charge in [-0.25, -0.2) is 0 Å². The number of aromatic nitrogens is 3. The Morgan fingerprint density at radius 2 is 1.74 bits per heavy atom. The first kappa shape index (κ1) is 15.2.